The number of thiazole rings is 1. The molecule has 3 aromatic rings. The monoisotopic (exact) mass is 345 g/mol. The maximum absolute atomic E-state index is 13.2. The van der Waals surface area contributed by atoms with Crippen molar-refractivity contribution in [2.45, 2.75) is 26.3 Å². The van der Waals surface area contributed by atoms with Gasteiger partial charge in [-0.3, -0.25) is 9.48 Å². The van der Waals surface area contributed by atoms with E-state index >= 15 is 0 Å². The fourth-order valence-corrected chi connectivity index (χ4v) is 3.30. The van der Waals surface area contributed by atoms with Gasteiger partial charge in [0.2, 0.25) is 0 Å². The lowest BCUT2D eigenvalue weighted by molar-refractivity contribution is -0.136. The summed E-state index contributed by atoms with van der Waals surface area (Å²) in [5.74, 6) is -1.21. The van der Waals surface area contributed by atoms with Crippen LogP contribution < -0.4 is 0 Å². The minimum absolute atomic E-state index is 0.110. The number of carboxylic acids is 1. The van der Waals surface area contributed by atoms with E-state index in [1.807, 2.05) is 18.5 Å². The Morgan fingerprint density at radius 2 is 2.04 bits per heavy atom. The molecule has 0 spiro atoms. The minimum Gasteiger partial charge on any atom is -0.481 e. The van der Waals surface area contributed by atoms with Crippen molar-refractivity contribution >= 4 is 17.3 Å². The van der Waals surface area contributed by atoms with Gasteiger partial charge in [-0.15, -0.1) is 11.3 Å². The van der Waals surface area contributed by atoms with Crippen LogP contribution in [0.2, 0.25) is 0 Å². The lowest BCUT2D eigenvalue weighted by atomic mass is 10.1. The third-order valence-electron chi connectivity index (χ3n) is 3.52. The third kappa shape index (κ3) is 3.21. The Balaban J connectivity index is 2.10. The molecular formula is C17H16FN3O2S. The Morgan fingerprint density at radius 3 is 2.67 bits per heavy atom. The number of aliphatic carboxylic acids is 1. The molecule has 0 fully saturated rings. The van der Waals surface area contributed by atoms with Crippen LogP contribution in [-0.4, -0.2) is 25.8 Å². The molecule has 0 unspecified atom stereocenters. The van der Waals surface area contributed by atoms with Gasteiger partial charge in [-0.2, -0.15) is 5.10 Å². The Labute approximate surface area is 142 Å². The SMILES string of the molecule is CC(C)n1ncc(-c2nc(CC(=O)O)cs2)c1-c1ccc(F)cc1. The first-order chi connectivity index (χ1) is 11.5. The molecule has 1 N–H and O–H groups in total. The zero-order chi connectivity index (χ0) is 17.3. The fraction of sp³-hybridized carbons (Fsp3) is 0.235. The van der Waals surface area contributed by atoms with Crippen molar-refractivity contribution in [1.29, 1.82) is 0 Å². The molecule has 7 heteroatoms. The smallest absolute Gasteiger partial charge is 0.309 e. The summed E-state index contributed by atoms with van der Waals surface area (Å²) in [5, 5.41) is 15.8. The maximum atomic E-state index is 13.2. The molecule has 5 nitrogen and oxygen atoms in total. The quantitative estimate of drug-likeness (QED) is 0.758. The fourth-order valence-electron chi connectivity index (χ4n) is 2.47. The van der Waals surface area contributed by atoms with Crippen molar-refractivity contribution in [3.8, 4) is 21.8 Å². The molecule has 3 rings (SSSR count). The number of aromatic nitrogens is 3. The lowest BCUT2D eigenvalue weighted by Gasteiger charge is -2.12. The summed E-state index contributed by atoms with van der Waals surface area (Å²) in [6, 6.07) is 6.36. The Bertz CT molecular complexity index is 868. The molecule has 0 amide bonds. The number of halogens is 1. The van der Waals surface area contributed by atoms with Crippen molar-refractivity contribution in [3.63, 3.8) is 0 Å². The van der Waals surface area contributed by atoms with Gasteiger partial charge in [-0.05, 0) is 38.1 Å². The van der Waals surface area contributed by atoms with Crippen LogP contribution in [0.15, 0.2) is 35.8 Å². The molecule has 0 aliphatic heterocycles. The van der Waals surface area contributed by atoms with Crippen LogP contribution in [-0.2, 0) is 11.2 Å². The van der Waals surface area contributed by atoms with Crippen LogP contribution in [0.4, 0.5) is 4.39 Å². The number of nitrogens with zero attached hydrogens (tertiary/aromatic N) is 3. The second kappa shape index (κ2) is 6.52. The summed E-state index contributed by atoms with van der Waals surface area (Å²) in [6.45, 7) is 4.03. The van der Waals surface area contributed by atoms with Crippen LogP contribution in [0, 0.1) is 5.82 Å². The van der Waals surface area contributed by atoms with Crippen molar-refractivity contribution < 1.29 is 14.3 Å². The summed E-state index contributed by atoms with van der Waals surface area (Å²) >= 11 is 1.38. The second-order valence-electron chi connectivity index (χ2n) is 5.67. The summed E-state index contributed by atoms with van der Waals surface area (Å²) in [7, 11) is 0. The van der Waals surface area contributed by atoms with Crippen LogP contribution >= 0.6 is 11.3 Å². The highest BCUT2D eigenvalue weighted by Gasteiger charge is 2.19. The van der Waals surface area contributed by atoms with Gasteiger partial charge in [-0.1, -0.05) is 0 Å². The topological polar surface area (TPSA) is 68.0 Å². The number of hydrogen-bond donors (Lipinski definition) is 1. The number of hydrogen-bond acceptors (Lipinski definition) is 4. The number of carboxylic acid groups (broad SMARTS) is 1. The van der Waals surface area contributed by atoms with Crippen molar-refractivity contribution in [2.24, 2.45) is 0 Å². The van der Waals surface area contributed by atoms with E-state index in [9.17, 15) is 9.18 Å². The van der Waals surface area contributed by atoms with E-state index in [0.717, 1.165) is 16.8 Å². The molecule has 0 radical (unpaired) electrons. The maximum Gasteiger partial charge on any atom is 0.309 e. The van der Waals surface area contributed by atoms with Gasteiger partial charge < -0.3 is 5.11 Å². The predicted molar refractivity (Wildman–Crippen MR) is 90.5 cm³/mol. The molecule has 0 aliphatic carbocycles. The number of benzene rings is 1. The van der Waals surface area contributed by atoms with Crippen molar-refractivity contribution in [3.05, 3.63) is 47.4 Å². The van der Waals surface area contributed by atoms with Gasteiger partial charge in [0.15, 0.2) is 0 Å². The standard InChI is InChI=1S/C17H16FN3O2S/c1-10(2)21-16(11-3-5-12(18)6-4-11)14(8-19-21)17-20-13(9-24-17)7-15(22)23/h3-6,8-10H,7H2,1-2H3,(H,22,23). The Hall–Kier alpha value is -2.54. The molecule has 0 saturated heterocycles. The molecule has 2 aromatic heterocycles. The van der Waals surface area contributed by atoms with Gasteiger partial charge in [0.25, 0.3) is 0 Å². The first-order valence-corrected chi connectivity index (χ1v) is 8.33. The molecule has 0 atom stereocenters. The predicted octanol–water partition coefficient (Wildman–Crippen LogP) is 4.02. The zero-order valence-electron chi connectivity index (χ0n) is 13.2. The second-order valence-corrected chi connectivity index (χ2v) is 6.52. The van der Waals surface area contributed by atoms with E-state index in [2.05, 4.69) is 10.1 Å². The molecule has 1 aromatic carbocycles. The van der Waals surface area contributed by atoms with Gasteiger partial charge >= 0.3 is 5.97 Å². The zero-order valence-corrected chi connectivity index (χ0v) is 14.0. The van der Waals surface area contributed by atoms with Gasteiger partial charge in [-0.25, -0.2) is 9.37 Å². The Morgan fingerprint density at radius 1 is 1.33 bits per heavy atom. The minimum atomic E-state index is -0.913. The Kier molecular flexibility index (Phi) is 4.44. The van der Waals surface area contributed by atoms with E-state index in [1.165, 1.54) is 23.5 Å². The van der Waals surface area contributed by atoms with E-state index in [0.29, 0.717) is 10.7 Å². The number of carbonyl (C=O) groups is 1. The van der Waals surface area contributed by atoms with Crippen LogP contribution in [0.5, 0.6) is 0 Å². The first kappa shape index (κ1) is 16.3. The molecule has 2 heterocycles. The highest BCUT2D eigenvalue weighted by Crippen LogP contribution is 2.35. The van der Waals surface area contributed by atoms with E-state index in [1.54, 1.807) is 23.7 Å². The van der Waals surface area contributed by atoms with Crippen molar-refractivity contribution in [2.75, 3.05) is 0 Å². The highest BCUT2D eigenvalue weighted by atomic mass is 32.1. The summed E-state index contributed by atoms with van der Waals surface area (Å²) in [5.41, 5.74) is 3.02. The largest absolute Gasteiger partial charge is 0.481 e. The number of rotatable bonds is 5. The van der Waals surface area contributed by atoms with Crippen LogP contribution in [0.25, 0.3) is 21.8 Å². The average molecular weight is 345 g/mol. The molecule has 124 valence electrons. The summed E-state index contributed by atoms with van der Waals surface area (Å²) in [6.07, 6.45) is 1.61. The molecule has 0 saturated carbocycles. The van der Waals surface area contributed by atoms with Gasteiger partial charge in [0, 0.05) is 17.0 Å². The average Bonchev–Trinajstić information content (AvgIpc) is 3.13. The lowest BCUT2D eigenvalue weighted by Crippen LogP contribution is -2.05. The molecule has 0 aliphatic rings. The van der Waals surface area contributed by atoms with Crippen LogP contribution in [0.1, 0.15) is 25.6 Å². The van der Waals surface area contributed by atoms with E-state index < -0.39 is 5.97 Å². The summed E-state index contributed by atoms with van der Waals surface area (Å²) < 4.78 is 15.1. The van der Waals surface area contributed by atoms with Crippen molar-refractivity contribution in [1.82, 2.24) is 14.8 Å². The molecular weight excluding hydrogens is 329 g/mol. The normalized spacial score (nSPS) is 11.2. The third-order valence-corrected chi connectivity index (χ3v) is 4.44. The van der Waals surface area contributed by atoms with Gasteiger partial charge in [0.1, 0.15) is 10.8 Å². The highest BCUT2D eigenvalue weighted by molar-refractivity contribution is 7.13. The van der Waals surface area contributed by atoms with E-state index in [-0.39, 0.29) is 18.3 Å². The van der Waals surface area contributed by atoms with E-state index in [4.69, 9.17) is 5.11 Å². The molecule has 24 heavy (non-hydrogen) atoms. The van der Waals surface area contributed by atoms with Gasteiger partial charge in [0.05, 0.1) is 29.6 Å². The summed E-state index contributed by atoms with van der Waals surface area (Å²) in [4.78, 5) is 15.2. The van der Waals surface area contributed by atoms with Crippen LogP contribution in [0.3, 0.4) is 0 Å². The molecule has 0 bridgehead atoms. The first-order valence-electron chi connectivity index (χ1n) is 7.45.